The van der Waals surface area contributed by atoms with Crippen LogP contribution >= 0.6 is 0 Å². The molecule has 1 aliphatic rings. The molecule has 1 atom stereocenters. The second kappa shape index (κ2) is 7.82. The smallest absolute Gasteiger partial charge is 0.210 e. The molecule has 3 aromatic rings. The van der Waals surface area contributed by atoms with Crippen molar-refractivity contribution in [3.8, 4) is 5.75 Å². The average molecular weight is 415 g/mol. The van der Waals surface area contributed by atoms with E-state index in [-0.39, 0.29) is 9.79 Å². The van der Waals surface area contributed by atoms with Crippen LogP contribution in [-0.4, -0.2) is 46.1 Å². The third kappa shape index (κ3) is 3.90. The fourth-order valence-electron chi connectivity index (χ4n) is 3.92. The van der Waals surface area contributed by atoms with Gasteiger partial charge in [-0.1, -0.05) is 6.07 Å². The fraction of sp³-hybridized carbons (Fsp3) is 0.364. The highest BCUT2D eigenvalue weighted by atomic mass is 32.2. The van der Waals surface area contributed by atoms with Gasteiger partial charge < -0.3 is 14.5 Å². The number of hydrogen-bond donors (Lipinski definition) is 1. The number of aryl methyl sites for hydroxylation is 1. The molecule has 1 unspecified atom stereocenters. The molecular weight excluding hydrogens is 388 g/mol. The Hall–Kier alpha value is -2.35. The van der Waals surface area contributed by atoms with Crippen LogP contribution in [-0.2, 0) is 16.4 Å². The standard InChI is InChI=1S/C22H26N2O4S/c1-15-4-5-20(27-3)21(10-15)29(25,26)19-11-17-6-9-28-22(17)18(12-19)14-24-8-7-23-16(2)13-24/h4-6,9-12,16,23H,7-8,13-14H2,1-3H3. The average Bonchev–Trinajstić information content (AvgIpc) is 3.17. The van der Waals surface area contributed by atoms with Crippen molar-refractivity contribution in [2.75, 3.05) is 26.7 Å². The number of ether oxygens (including phenoxy) is 1. The van der Waals surface area contributed by atoms with E-state index in [2.05, 4.69) is 17.1 Å². The molecule has 6 nitrogen and oxygen atoms in total. The van der Waals surface area contributed by atoms with Crippen LogP contribution in [0.2, 0.25) is 0 Å². The fourth-order valence-corrected chi connectivity index (χ4v) is 5.51. The van der Waals surface area contributed by atoms with Crippen LogP contribution in [0.5, 0.6) is 5.75 Å². The van der Waals surface area contributed by atoms with Crippen LogP contribution in [0.15, 0.2) is 56.9 Å². The molecule has 0 spiro atoms. The zero-order valence-electron chi connectivity index (χ0n) is 16.9. The molecule has 0 saturated carbocycles. The van der Waals surface area contributed by atoms with Gasteiger partial charge in [0.2, 0.25) is 9.84 Å². The summed E-state index contributed by atoms with van der Waals surface area (Å²) in [7, 11) is -2.26. The van der Waals surface area contributed by atoms with Crippen molar-refractivity contribution >= 4 is 20.8 Å². The van der Waals surface area contributed by atoms with Crippen molar-refractivity contribution in [1.29, 1.82) is 0 Å². The summed E-state index contributed by atoms with van der Waals surface area (Å²) in [6.07, 6.45) is 1.61. The van der Waals surface area contributed by atoms with E-state index in [1.807, 2.05) is 19.1 Å². The highest BCUT2D eigenvalue weighted by Gasteiger charge is 2.25. The summed E-state index contributed by atoms with van der Waals surface area (Å²) in [6, 6.07) is 10.8. The van der Waals surface area contributed by atoms with Crippen LogP contribution in [0, 0.1) is 6.92 Å². The number of hydrogen-bond acceptors (Lipinski definition) is 6. The number of benzene rings is 2. The van der Waals surface area contributed by atoms with Crippen molar-refractivity contribution in [2.45, 2.75) is 36.2 Å². The van der Waals surface area contributed by atoms with Gasteiger partial charge in [0.05, 0.1) is 18.3 Å². The van der Waals surface area contributed by atoms with Gasteiger partial charge in [-0.25, -0.2) is 8.42 Å². The molecule has 1 saturated heterocycles. The lowest BCUT2D eigenvalue weighted by atomic mass is 10.1. The van der Waals surface area contributed by atoms with Crippen LogP contribution in [0.4, 0.5) is 0 Å². The number of fused-ring (bicyclic) bond motifs is 1. The Kier molecular flexibility index (Phi) is 5.38. The minimum absolute atomic E-state index is 0.185. The second-order valence-electron chi connectivity index (χ2n) is 7.67. The van der Waals surface area contributed by atoms with E-state index in [4.69, 9.17) is 9.15 Å². The first-order chi connectivity index (χ1) is 13.9. The predicted molar refractivity (Wildman–Crippen MR) is 112 cm³/mol. The topological polar surface area (TPSA) is 71.8 Å². The van der Waals surface area contributed by atoms with Gasteiger partial charge in [-0.2, -0.15) is 0 Å². The molecule has 29 heavy (non-hydrogen) atoms. The van der Waals surface area contributed by atoms with Gasteiger partial charge in [0.25, 0.3) is 0 Å². The first-order valence-electron chi connectivity index (χ1n) is 9.74. The molecule has 0 aliphatic carbocycles. The van der Waals surface area contributed by atoms with Crippen molar-refractivity contribution in [3.63, 3.8) is 0 Å². The molecule has 2 heterocycles. The highest BCUT2D eigenvalue weighted by Crippen LogP contribution is 2.33. The summed E-state index contributed by atoms with van der Waals surface area (Å²) in [4.78, 5) is 2.76. The molecule has 7 heteroatoms. The Labute approximate surface area is 171 Å². The molecule has 154 valence electrons. The molecule has 1 aromatic heterocycles. The summed E-state index contributed by atoms with van der Waals surface area (Å²) in [5.41, 5.74) is 2.49. The number of piperazine rings is 1. The van der Waals surface area contributed by atoms with Crippen LogP contribution in [0.1, 0.15) is 18.1 Å². The van der Waals surface area contributed by atoms with Crippen molar-refractivity contribution in [3.05, 3.63) is 53.8 Å². The third-order valence-corrected chi connectivity index (χ3v) is 7.12. The minimum atomic E-state index is -3.75. The zero-order chi connectivity index (χ0) is 20.6. The van der Waals surface area contributed by atoms with E-state index in [0.29, 0.717) is 18.3 Å². The van der Waals surface area contributed by atoms with Gasteiger partial charge >= 0.3 is 0 Å². The Morgan fingerprint density at radius 1 is 1.24 bits per heavy atom. The summed E-state index contributed by atoms with van der Waals surface area (Å²) in [5.74, 6) is 0.348. The maximum Gasteiger partial charge on any atom is 0.210 e. The number of sulfone groups is 1. The third-order valence-electron chi connectivity index (χ3n) is 5.37. The largest absolute Gasteiger partial charge is 0.495 e. The first kappa shape index (κ1) is 19.9. The Balaban J connectivity index is 1.79. The molecule has 1 fully saturated rings. The van der Waals surface area contributed by atoms with Gasteiger partial charge in [0, 0.05) is 43.2 Å². The van der Waals surface area contributed by atoms with E-state index < -0.39 is 9.84 Å². The van der Waals surface area contributed by atoms with E-state index in [0.717, 1.165) is 41.7 Å². The molecular formula is C22H26N2O4S. The first-order valence-corrected chi connectivity index (χ1v) is 11.2. The van der Waals surface area contributed by atoms with Gasteiger partial charge in [0.15, 0.2) is 0 Å². The van der Waals surface area contributed by atoms with Crippen LogP contribution in [0.25, 0.3) is 11.0 Å². The maximum atomic E-state index is 13.5. The predicted octanol–water partition coefficient (Wildman–Crippen LogP) is 3.38. The number of methoxy groups -OCH3 is 1. The highest BCUT2D eigenvalue weighted by molar-refractivity contribution is 7.91. The lowest BCUT2D eigenvalue weighted by Crippen LogP contribution is -2.48. The normalized spacial score (nSPS) is 18.2. The number of rotatable bonds is 5. The molecule has 0 bridgehead atoms. The van der Waals surface area contributed by atoms with Gasteiger partial charge in [-0.3, -0.25) is 4.90 Å². The van der Waals surface area contributed by atoms with Crippen LogP contribution in [0.3, 0.4) is 0 Å². The number of furan rings is 1. The quantitative estimate of drug-likeness (QED) is 0.690. The Morgan fingerprint density at radius 3 is 2.83 bits per heavy atom. The molecule has 1 aliphatic heterocycles. The molecule has 4 rings (SSSR count). The van der Waals surface area contributed by atoms with E-state index in [1.165, 1.54) is 7.11 Å². The Morgan fingerprint density at radius 2 is 2.07 bits per heavy atom. The Bertz CT molecular complexity index is 1140. The summed E-state index contributed by atoms with van der Waals surface area (Å²) >= 11 is 0. The molecule has 1 N–H and O–H groups in total. The zero-order valence-corrected chi connectivity index (χ0v) is 17.8. The van der Waals surface area contributed by atoms with Gasteiger partial charge in [-0.05, 0) is 49.7 Å². The monoisotopic (exact) mass is 414 g/mol. The molecule has 2 aromatic carbocycles. The minimum Gasteiger partial charge on any atom is -0.495 e. The van der Waals surface area contributed by atoms with E-state index >= 15 is 0 Å². The lowest BCUT2D eigenvalue weighted by molar-refractivity contribution is 0.199. The summed E-state index contributed by atoms with van der Waals surface area (Å²) < 4.78 is 38.0. The van der Waals surface area contributed by atoms with Crippen molar-refractivity contribution < 1.29 is 17.6 Å². The van der Waals surface area contributed by atoms with Gasteiger partial charge in [0.1, 0.15) is 16.2 Å². The van der Waals surface area contributed by atoms with E-state index in [1.54, 1.807) is 30.5 Å². The lowest BCUT2D eigenvalue weighted by Gasteiger charge is -2.31. The molecule has 0 amide bonds. The SMILES string of the molecule is COc1ccc(C)cc1S(=O)(=O)c1cc(CN2CCNC(C)C2)c2occc2c1. The van der Waals surface area contributed by atoms with Crippen molar-refractivity contribution in [1.82, 2.24) is 10.2 Å². The van der Waals surface area contributed by atoms with Crippen molar-refractivity contribution in [2.24, 2.45) is 0 Å². The van der Waals surface area contributed by atoms with E-state index in [9.17, 15) is 8.42 Å². The maximum absolute atomic E-state index is 13.5. The van der Waals surface area contributed by atoms with Gasteiger partial charge in [-0.15, -0.1) is 0 Å². The summed E-state index contributed by atoms with van der Waals surface area (Å²) in [6.45, 7) is 7.40. The number of nitrogens with zero attached hydrogens (tertiary/aromatic N) is 1. The summed E-state index contributed by atoms with van der Waals surface area (Å²) in [5, 5.41) is 4.22. The van der Waals surface area contributed by atoms with Crippen LogP contribution < -0.4 is 10.1 Å². The molecule has 0 radical (unpaired) electrons. The number of nitrogens with one attached hydrogen (secondary N) is 1. The second-order valence-corrected chi connectivity index (χ2v) is 9.59.